The van der Waals surface area contributed by atoms with Crippen molar-refractivity contribution in [2.24, 2.45) is 11.7 Å². The van der Waals surface area contributed by atoms with Gasteiger partial charge in [-0.25, -0.2) is 4.79 Å². The topological polar surface area (TPSA) is 131 Å². The van der Waals surface area contributed by atoms with E-state index in [0.717, 1.165) is 0 Å². The van der Waals surface area contributed by atoms with Crippen molar-refractivity contribution in [2.75, 3.05) is 18.4 Å². The second-order valence-corrected chi connectivity index (χ2v) is 4.58. The fourth-order valence-electron chi connectivity index (χ4n) is 2.03. The van der Waals surface area contributed by atoms with E-state index in [9.17, 15) is 14.4 Å². The summed E-state index contributed by atoms with van der Waals surface area (Å²) in [6.45, 7) is 0.483. The van der Waals surface area contributed by atoms with Crippen molar-refractivity contribution in [2.45, 2.75) is 13.0 Å². The molecule has 108 valence electrons. The van der Waals surface area contributed by atoms with Gasteiger partial charge in [-0.3, -0.25) is 14.3 Å². The number of nitrogens with zero attached hydrogens (tertiary/aromatic N) is 3. The Morgan fingerprint density at radius 1 is 1.50 bits per heavy atom. The van der Waals surface area contributed by atoms with Crippen LogP contribution in [-0.2, 0) is 16.1 Å². The summed E-state index contributed by atoms with van der Waals surface area (Å²) in [5, 5.41) is 15.0. The monoisotopic (exact) mass is 281 g/mol. The number of amides is 3. The first-order valence-corrected chi connectivity index (χ1v) is 6.05. The van der Waals surface area contributed by atoms with Gasteiger partial charge in [-0.15, -0.1) is 0 Å². The van der Waals surface area contributed by atoms with Gasteiger partial charge in [0.2, 0.25) is 5.91 Å². The lowest BCUT2D eigenvalue weighted by Gasteiger charge is -2.15. The van der Waals surface area contributed by atoms with Gasteiger partial charge in [-0.1, -0.05) is 0 Å². The van der Waals surface area contributed by atoms with Crippen molar-refractivity contribution in [3.63, 3.8) is 0 Å². The highest BCUT2D eigenvalue weighted by Crippen LogP contribution is 2.17. The van der Waals surface area contributed by atoms with Crippen LogP contribution in [0.25, 0.3) is 0 Å². The van der Waals surface area contributed by atoms with E-state index < -0.39 is 11.9 Å². The number of rotatable bonds is 4. The number of primary amides is 1. The Morgan fingerprint density at radius 2 is 2.25 bits per heavy atom. The van der Waals surface area contributed by atoms with Crippen LogP contribution in [0.2, 0.25) is 0 Å². The van der Waals surface area contributed by atoms with Crippen molar-refractivity contribution in [1.29, 1.82) is 0 Å². The van der Waals surface area contributed by atoms with Crippen LogP contribution in [0.1, 0.15) is 6.42 Å². The molecule has 1 aromatic heterocycles. The van der Waals surface area contributed by atoms with Crippen LogP contribution in [-0.4, -0.2) is 50.8 Å². The number of carboxylic acids is 1. The van der Waals surface area contributed by atoms with E-state index in [1.54, 1.807) is 0 Å². The maximum atomic E-state index is 11.9. The minimum absolute atomic E-state index is 0.274. The van der Waals surface area contributed by atoms with E-state index in [2.05, 4.69) is 10.4 Å². The van der Waals surface area contributed by atoms with E-state index in [0.29, 0.717) is 25.2 Å². The number of urea groups is 1. The van der Waals surface area contributed by atoms with Gasteiger partial charge in [0.1, 0.15) is 6.54 Å². The SMILES string of the molecule is NC(=O)C1CCN(C(=O)Nc2cnn(CC(=O)O)c2)C1. The van der Waals surface area contributed by atoms with E-state index in [4.69, 9.17) is 10.8 Å². The fourth-order valence-corrected chi connectivity index (χ4v) is 2.03. The molecule has 0 saturated carbocycles. The molecule has 4 N–H and O–H groups in total. The van der Waals surface area contributed by atoms with Gasteiger partial charge in [0.05, 0.1) is 17.8 Å². The highest BCUT2D eigenvalue weighted by Gasteiger charge is 2.29. The maximum absolute atomic E-state index is 11.9. The van der Waals surface area contributed by atoms with Crippen molar-refractivity contribution < 1.29 is 19.5 Å². The molecular formula is C11H15N5O4. The van der Waals surface area contributed by atoms with Crippen LogP contribution in [0.3, 0.4) is 0 Å². The third-order valence-corrected chi connectivity index (χ3v) is 3.06. The average Bonchev–Trinajstić information content (AvgIpc) is 2.97. The van der Waals surface area contributed by atoms with Gasteiger partial charge < -0.3 is 21.1 Å². The molecule has 2 heterocycles. The number of nitrogens with one attached hydrogen (secondary N) is 1. The molecule has 9 heteroatoms. The number of anilines is 1. The number of aromatic nitrogens is 2. The summed E-state index contributed by atoms with van der Waals surface area (Å²) in [6.07, 6.45) is 3.34. The summed E-state index contributed by atoms with van der Waals surface area (Å²) in [4.78, 5) is 35.0. The van der Waals surface area contributed by atoms with E-state index in [-0.39, 0.29) is 18.5 Å². The average molecular weight is 281 g/mol. The predicted molar refractivity (Wildman–Crippen MR) is 67.8 cm³/mol. The molecule has 0 aliphatic carbocycles. The van der Waals surface area contributed by atoms with E-state index >= 15 is 0 Å². The molecule has 9 nitrogen and oxygen atoms in total. The Bertz CT molecular complexity index is 541. The molecule has 1 atom stereocenters. The van der Waals surface area contributed by atoms with Gasteiger partial charge in [-0.2, -0.15) is 5.10 Å². The Balaban J connectivity index is 1.90. The van der Waals surface area contributed by atoms with Crippen LogP contribution < -0.4 is 11.1 Å². The molecule has 1 saturated heterocycles. The lowest BCUT2D eigenvalue weighted by Crippen LogP contribution is -2.34. The first kappa shape index (κ1) is 13.8. The number of hydrogen-bond acceptors (Lipinski definition) is 4. The summed E-state index contributed by atoms with van der Waals surface area (Å²) in [7, 11) is 0. The number of carbonyl (C=O) groups is 3. The molecule has 20 heavy (non-hydrogen) atoms. The molecule has 0 radical (unpaired) electrons. The predicted octanol–water partition coefficient (Wildman–Crippen LogP) is -0.693. The Labute approximate surface area is 114 Å². The lowest BCUT2D eigenvalue weighted by molar-refractivity contribution is -0.137. The minimum atomic E-state index is -1.02. The molecule has 2 rings (SSSR count). The minimum Gasteiger partial charge on any atom is -0.480 e. The lowest BCUT2D eigenvalue weighted by atomic mass is 10.1. The van der Waals surface area contributed by atoms with Gasteiger partial charge in [0.15, 0.2) is 0 Å². The molecule has 1 unspecified atom stereocenters. The molecule has 1 aromatic rings. The van der Waals surface area contributed by atoms with Crippen LogP contribution >= 0.6 is 0 Å². The number of nitrogens with two attached hydrogens (primary N) is 1. The highest BCUT2D eigenvalue weighted by atomic mass is 16.4. The summed E-state index contributed by atoms with van der Waals surface area (Å²) >= 11 is 0. The van der Waals surface area contributed by atoms with E-state index in [1.165, 1.54) is 22.0 Å². The van der Waals surface area contributed by atoms with Gasteiger partial charge in [-0.05, 0) is 6.42 Å². The quantitative estimate of drug-likeness (QED) is 0.672. The summed E-state index contributed by atoms with van der Waals surface area (Å²) in [5.41, 5.74) is 5.60. The number of hydrogen-bond donors (Lipinski definition) is 3. The molecule has 0 bridgehead atoms. The summed E-state index contributed by atoms with van der Waals surface area (Å²) < 4.78 is 1.20. The largest absolute Gasteiger partial charge is 0.480 e. The number of aliphatic carboxylic acids is 1. The maximum Gasteiger partial charge on any atom is 0.325 e. The molecule has 0 aromatic carbocycles. The zero-order chi connectivity index (χ0) is 14.7. The number of carboxylic acid groups (broad SMARTS) is 1. The van der Waals surface area contributed by atoms with Crippen LogP contribution in [0, 0.1) is 5.92 Å². The van der Waals surface area contributed by atoms with E-state index in [1.807, 2.05) is 0 Å². The Hall–Kier alpha value is -2.58. The normalized spacial score (nSPS) is 18.0. The van der Waals surface area contributed by atoms with Crippen molar-refractivity contribution in [3.8, 4) is 0 Å². The highest BCUT2D eigenvalue weighted by molar-refractivity contribution is 5.90. The fraction of sp³-hybridized carbons (Fsp3) is 0.455. The number of likely N-dealkylation sites (tertiary alicyclic amines) is 1. The molecule has 1 aliphatic rings. The molecular weight excluding hydrogens is 266 g/mol. The standard InChI is InChI=1S/C11H15N5O4/c12-10(19)7-1-2-15(4-7)11(20)14-8-3-13-16(5-8)6-9(17)18/h3,5,7H,1-2,4,6H2,(H2,12,19)(H,14,20)(H,17,18). The first-order valence-electron chi connectivity index (χ1n) is 6.05. The summed E-state index contributed by atoms with van der Waals surface area (Å²) in [5.74, 6) is -1.74. The van der Waals surface area contributed by atoms with Crippen LogP contribution in [0.15, 0.2) is 12.4 Å². The zero-order valence-electron chi connectivity index (χ0n) is 10.7. The second-order valence-electron chi connectivity index (χ2n) is 4.58. The van der Waals surface area contributed by atoms with Crippen LogP contribution in [0.5, 0.6) is 0 Å². The number of carbonyl (C=O) groups excluding carboxylic acids is 2. The molecule has 1 aliphatic heterocycles. The molecule has 1 fully saturated rings. The molecule has 3 amide bonds. The zero-order valence-corrected chi connectivity index (χ0v) is 10.7. The van der Waals surface area contributed by atoms with Crippen molar-refractivity contribution >= 4 is 23.6 Å². The smallest absolute Gasteiger partial charge is 0.325 e. The second kappa shape index (κ2) is 5.59. The van der Waals surface area contributed by atoms with Crippen molar-refractivity contribution in [1.82, 2.24) is 14.7 Å². The first-order chi connectivity index (χ1) is 9.45. The van der Waals surface area contributed by atoms with Gasteiger partial charge >= 0.3 is 12.0 Å². The van der Waals surface area contributed by atoms with Gasteiger partial charge in [0, 0.05) is 19.3 Å². The Kier molecular flexibility index (Phi) is 3.87. The third-order valence-electron chi connectivity index (χ3n) is 3.06. The third kappa shape index (κ3) is 3.25. The van der Waals surface area contributed by atoms with Crippen molar-refractivity contribution in [3.05, 3.63) is 12.4 Å². The summed E-state index contributed by atoms with van der Waals surface area (Å²) in [6, 6.07) is -0.358. The van der Waals surface area contributed by atoms with Gasteiger partial charge in [0.25, 0.3) is 0 Å². The molecule has 0 spiro atoms. The Morgan fingerprint density at radius 3 is 2.85 bits per heavy atom. The van der Waals surface area contributed by atoms with Crippen LogP contribution in [0.4, 0.5) is 10.5 Å².